The van der Waals surface area contributed by atoms with Crippen LogP contribution in [-0.2, 0) is 16.0 Å². The quantitative estimate of drug-likeness (QED) is 0.679. The van der Waals surface area contributed by atoms with Crippen molar-refractivity contribution in [2.24, 2.45) is 0 Å². The van der Waals surface area contributed by atoms with Gasteiger partial charge in [0.1, 0.15) is 10.8 Å². The number of benzene rings is 1. The van der Waals surface area contributed by atoms with Crippen molar-refractivity contribution in [3.63, 3.8) is 0 Å². The molecule has 0 spiro atoms. The molecule has 1 amide bonds. The van der Waals surface area contributed by atoms with E-state index in [9.17, 15) is 9.59 Å². The van der Waals surface area contributed by atoms with Gasteiger partial charge in [-0.05, 0) is 31.0 Å². The molecular formula is C22H29N3O4S. The average molecular weight is 432 g/mol. The zero-order chi connectivity index (χ0) is 21.7. The van der Waals surface area contributed by atoms with Crippen molar-refractivity contribution in [3.8, 4) is 5.75 Å². The first-order valence-corrected chi connectivity index (χ1v) is 10.9. The Balaban J connectivity index is 1.60. The van der Waals surface area contributed by atoms with E-state index in [1.165, 1.54) is 18.4 Å². The number of hydrogen-bond acceptors (Lipinski definition) is 7. The Labute approximate surface area is 181 Å². The van der Waals surface area contributed by atoms with Crippen molar-refractivity contribution in [2.45, 2.75) is 20.3 Å². The molecule has 0 unspecified atom stereocenters. The van der Waals surface area contributed by atoms with E-state index in [-0.39, 0.29) is 5.91 Å². The molecule has 1 saturated heterocycles. The van der Waals surface area contributed by atoms with Gasteiger partial charge in [-0.3, -0.25) is 9.69 Å². The maximum Gasteiger partial charge on any atom is 0.341 e. The summed E-state index contributed by atoms with van der Waals surface area (Å²) < 4.78 is 10.4. The summed E-state index contributed by atoms with van der Waals surface area (Å²) in [5.41, 5.74) is 2.50. The molecule has 1 aromatic carbocycles. The number of aryl methyl sites for hydroxylation is 1. The number of rotatable bonds is 7. The molecule has 0 saturated carbocycles. The molecule has 162 valence electrons. The van der Waals surface area contributed by atoms with E-state index in [1.54, 1.807) is 7.11 Å². The summed E-state index contributed by atoms with van der Waals surface area (Å²) >= 11 is 1.43. The number of esters is 1. The van der Waals surface area contributed by atoms with Gasteiger partial charge in [-0.25, -0.2) is 4.79 Å². The van der Waals surface area contributed by atoms with Crippen molar-refractivity contribution in [3.05, 3.63) is 40.3 Å². The molecular weight excluding hydrogens is 402 g/mol. The van der Waals surface area contributed by atoms with E-state index in [1.807, 2.05) is 32.0 Å². The standard InChI is InChI=1S/C22H29N3O4S/c1-5-16-15(2)30-21(20(16)22(27)29-4)23-19(26)14-24-10-12-25(13-11-24)17-8-6-7-9-18(17)28-3/h6-9H,5,10-14H2,1-4H3,(H,23,26). The highest BCUT2D eigenvalue weighted by Gasteiger charge is 2.25. The van der Waals surface area contributed by atoms with E-state index >= 15 is 0 Å². The summed E-state index contributed by atoms with van der Waals surface area (Å²) in [6.07, 6.45) is 0.716. The molecule has 1 N–H and O–H groups in total. The van der Waals surface area contributed by atoms with Crippen LogP contribution in [0.4, 0.5) is 10.7 Å². The highest BCUT2D eigenvalue weighted by atomic mass is 32.1. The first kappa shape index (κ1) is 22.1. The van der Waals surface area contributed by atoms with Crippen molar-refractivity contribution >= 4 is 33.9 Å². The summed E-state index contributed by atoms with van der Waals surface area (Å²) in [6, 6.07) is 7.98. The number of hydrogen-bond donors (Lipinski definition) is 1. The number of para-hydroxylation sites is 2. The van der Waals surface area contributed by atoms with Crippen LogP contribution >= 0.6 is 11.3 Å². The summed E-state index contributed by atoms with van der Waals surface area (Å²) in [4.78, 5) is 30.3. The largest absolute Gasteiger partial charge is 0.495 e. The molecule has 2 heterocycles. The van der Waals surface area contributed by atoms with Crippen LogP contribution in [0.5, 0.6) is 5.75 Å². The molecule has 0 bridgehead atoms. The Bertz CT molecular complexity index is 904. The monoisotopic (exact) mass is 431 g/mol. The smallest absolute Gasteiger partial charge is 0.341 e. The van der Waals surface area contributed by atoms with Gasteiger partial charge in [0.2, 0.25) is 5.91 Å². The third-order valence-electron chi connectivity index (χ3n) is 5.37. The van der Waals surface area contributed by atoms with Crippen LogP contribution in [0.1, 0.15) is 27.7 Å². The Morgan fingerprint density at radius 2 is 1.83 bits per heavy atom. The highest BCUT2D eigenvalue weighted by molar-refractivity contribution is 7.16. The molecule has 0 aliphatic carbocycles. The zero-order valence-corrected chi connectivity index (χ0v) is 18.8. The van der Waals surface area contributed by atoms with Gasteiger partial charge in [-0.15, -0.1) is 11.3 Å². The number of carbonyl (C=O) groups excluding carboxylic acids is 2. The van der Waals surface area contributed by atoms with Gasteiger partial charge in [0.25, 0.3) is 0 Å². The molecule has 3 rings (SSSR count). The molecule has 1 fully saturated rings. The second-order valence-corrected chi connectivity index (χ2v) is 8.39. The number of nitrogens with zero attached hydrogens (tertiary/aromatic N) is 2. The maximum atomic E-state index is 12.7. The summed E-state index contributed by atoms with van der Waals surface area (Å²) in [6.45, 7) is 7.44. The molecule has 8 heteroatoms. The average Bonchev–Trinajstić information content (AvgIpc) is 3.08. The number of anilines is 2. The van der Waals surface area contributed by atoms with E-state index in [4.69, 9.17) is 9.47 Å². The van der Waals surface area contributed by atoms with Gasteiger partial charge in [-0.1, -0.05) is 19.1 Å². The molecule has 1 aliphatic heterocycles. The lowest BCUT2D eigenvalue weighted by Crippen LogP contribution is -2.48. The topological polar surface area (TPSA) is 71.1 Å². The van der Waals surface area contributed by atoms with E-state index < -0.39 is 5.97 Å². The lowest BCUT2D eigenvalue weighted by molar-refractivity contribution is -0.117. The summed E-state index contributed by atoms with van der Waals surface area (Å²) in [7, 11) is 3.04. The first-order chi connectivity index (χ1) is 14.5. The normalized spacial score (nSPS) is 14.5. The Morgan fingerprint density at radius 1 is 1.13 bits per heavy atom. The Morgan fingerprint density at radius 3 is 2.47 bits per heavy atom. The summed E-state index contributed by atoms with van der Waals surface area (Å²) in [5.74, 6) is 0.338. The van der Waals surface area contributed by atoms with E-state index in [0.29, 0.717) is 23.5 Å². The maximum absolute atomic E-state index is 12.7. The molecule has 30 heavy (non-hydrogen) atoms. The van der Waals surface area contributed by atoms with E-state index in [2.05, 4.69) is 21.2 Å². The van der Waals surface area contributed by atoms with Gasteiger partial charge in [0.05, 0.1) is 32.0 Å². The van der Waals surface area contributed by atoms with Crippen LogP contribution in [0.2, 0.25) is 0 Å². The van der Waals surface area contributed by atoms with Crippen LogP contribution in [0.15, 0.2) is 24.3 Å². The summed E-state index contributed by atoms with van der Waals surface area (Å²) in [5, 5.41) is 3.51. The van der Waals surface area contributed by atoms with Crippen molar-refractivity contribution in [2.75, 3.05) is 57.2 Å². The minimum absolute atomic E-state index is 0.116. The first-order valence-electron chi connectivity index (χ1n) is 10.1. The lowest BCUT2D eigenvalue weighted by atomic mass is 10.1. The minimum Gasteiger partial charge on any atom is -0.495 e. The highest BCUT2D eigenvalue weighted by Crippen LogP contribution is 2.34. The third-order valence-corrected chi connectivity index (χ3v) is 6.43. The van der Waals surface area contributed by atoms with Crippen LogP contribution in [-0.4, -0.2) is 63.7 Å². The number of nitrogens with one attached hydrogen (secondary N) is 1. The Hall–Kier alpha value is -2.58. The van der Waals surface area contributed by atoms with Crippen LogP contribution in [0, 0.1) is 6.92 Å². The number of ether oxygens (including phenoxy) is 2. The second-order valence-electron chi connectivity index (χ2n) is 7.17. The minimum atomic E-state index is -0.406. The van der Waals surface area contributed by atoms with Gasteiger partial charge < -0.3 is 19.7 Å². The molecule has 1 aromatic heterocycles. The molecule has 1 aliphatic rings. The van der Waals surface area contributed by atoms with Gasteiger partial charge in [0, 0.05) is 31.1 Å². The van der Waals surface area contributed by atoms with Crippen LogP contribution in [0.3, 0.4) is 0 Å². The SMILES string of the molecule is CCc1c(C)sc(NC(=O)CN2CCN(c3ccccc3OC)CC2)c1C(=O)OC. The Kier molecular flexibility index (Phi) is 7.33. The van der Waals surface area contributed by atoms with Gasteiger partial charge in [-0.2, -0.15) is 0 Å². The van der Waals surface area contributed by atoms with Crippen LogP contribution in [0.25, 0.3) is 0 Å². The fourth-order valence-corrected chi connectivity index (χ4v) is 4.97. The number of amides is 1. The third kappa shape index (κ3) is 4.76. The number of piperazine rings is 1. The molecule has 0 radical (unpaired) electrons. The zero-order valence-electron chi connectivity index (χ0n) is 18.0. The van der Waals surface area contributed by atoms with Crippen molar-refractivity contribution in [1.82, 2.24) is 4.90 Å². The lowest BCUT2D eigenvalue weighted by Gasteiger charge is -2.36. The fourth-order valence-electron chi connectivity index (χ4n) is 3.82. The number of methoxy groups -OCH3 is 2. The number of thiophene rings is 1. The van der Waals surface area contributed by atoms with Crippen LogP contribution < -0.4 is 15.0 Å². The predicted octanol–water partition coefficient (Wildman–Crippen LogP) is 3.17. The molecule has 2 aromatic rings. The molecule has 0 atom stereocenters. The van der Waals surface area contributed by atoms with Gasteiger partial charge >= 0.3 is 5.97 Å². The molecule has 7 nitrogen and oxygen atoms in total. The number of carbonyl (C=O) groups is 2. The van der Waals surface area contributed by atoms with Crippen molar-refractivity contribution < 1.29 is 19.1 Å². The van der Waals surface area contributed by atoms with Gasteiger partial charge in [0.15, 0.2) is 0 Å². The van der Waals surface area contributed by atoms with E-state index in [0.717, 1.165) is 48.1 Å². The van der Waals surface area contributed by atoms with Crippen molar-refractivity contribution in [1.29, 1.82) is 0 Å². The fraction of sp³-hybridized carbons (Fsp3) is 0.455. The predicted molar refractivity (Wildman–Crippen MR) is 120 cm³/mol. The second kappa shape index (κ2) is 9.95.